The van der Waals surface area contributed by atoms with E-state index < -0.39 is 0 Å². The number of nitrogens with one attached hydrogen (secondary N) is 2. The molecule has 6 nitrogen and oxygen atoms in total. The molecule has 16 heavy (non-hydrogen) atoms. The second kappa shape index (κ2) is 5.41. The summed E-state index contributed by atoms with van der Waals surface area (Å²) < 4.78 is 0. The van der Waals surface area contributed by atoms with E-state index in [1.165, 1.54) is 6.20 Å². The fourth-order valence-corrected chi connectivity index (χ4v) is 1.02. The highest BCUT2D eigenvalue weighted by molar-refractivity contribution is 6.32. The van der Waals surface area contributed by atoms with Crippen LogP contribution in [-0.2, 0) is 9.59 Å². The molecule has 0 spiro atoms. The van der Waals surface area contributed by atoms with Crippen LogP contribution >= 0.6 is 11.6 Å². The Kier molecular flexibility index (Phi) is 4.19. The van der Waals surface area contributed by atoms with Crippen molar-refractivity contribution in [3.8, 4) is 0 Å². The van der Waals surface area contributed by atoms with Crippen molar-refractivity contribution >= 4 is 35.6 Å². The van der Waals surface area contributed by atoms with Crippen LogP contribution in [0.3, 0.4) is 0 Å². The molecular weight excluding hydrogens is 232 g/mol. The number of hydrogen-bond acceptors (Lipinski definition) is 4. The number of carbonyl (C=O) groups is 2. The van der Waals surface area contributed by atoms with Gasteiger partial charge in [-0.1, -0.05) is 25.4 Å². The molecule has 0 aliphatic carbocycles. The van der Waals surface area contributed by atoms with Crippen LogP contribution < -0.4 is 10.6 Å². The zero-order valence-electron chi connectivity index (χ0n) is 8.82. The van der Waals surface area contributed by atoms with Crippen LogP contribution in [0.4, 0.5) is 11.6 Å². The Labute approximate surface area is 97.4 Å². The maximum atomic E-state index is 11.3. The largest absolute Gasteiger partial charge is 0.325 e. The van der Waals surface area contributed by atoms with Gasteiger partial charge in [0.15, 0.2) is 5.15 Å². The van der Waals surface area contributed by atoms with E-state index in [0.717, 1.165) is 0 Å². The van der Waals surface area contributed by atoms with Gasteiger partial charge in [0.1, 0.15) is 0 Å². The van der Waals surface area contributed by atoms with Gasteiger partial charge in [-0.25, -0.2) is 4.98 Å². The Hall–Kier alpha value is -1.69. The van der Waals surface area contributed by atoms with Gasteiger partial charge in [0.05, 0.1) is 11.9 Å². The van der Waals surface area contributed by atoms with E-state index in [1.54, 1.807) is 13.8 Å². The Morgan fingerprint density at radius 3 is 2.75 bits per heavy atom. The summed E-state index contributed by atoms with van der Waals surface area (Å²) >= 11 is 5.75. The van der Waals surface area contributed by atoms with Gasteiger partial charge < -0.3 is 5.32 Å². The lowest BCUT2D eigenvalue weighted by Crippen LogP contribution is -2.19. The average Bonchev–Trinajstić information content (AvgIpc) is 2.22. The van der Waals surface area contributed by atoms with Gasteiger partial charge in [-0.3, -0.25) is 14.9 Å². The number of nitrogens with zero attached hydrogens (tertiary/aromatic N) is 2. The molecule has 0 saturated carbocycles. The van der Waals surface area contributed by atoms with Crippen molar-refractivity contribution < 1.29 is 9.59 Å². The van der Waals surface area contributed by atoms with Gasteiger partial charge in [-0.2, -0.15) is 4.98 Å². The zero-order chi connectivity index (χ0) is 12.1. The third-order valence-electron chi connectivity index (χ3n) is 1.72. The quantitative estimate of drug-likeness (QED) is 0.616. The molecule has 86 valence electrons. The van der Waals surface area contributed by atoms with Gasteiger partial charge in [0.25, 0.3) is 0 Å². The first-order chi connectivity index (χ1) is 7.54. The first kappa shape index (κ1) is 12.4. The summed E-state index contributed by atoms with van der Waals surface area (Å²) in [4.78, 5) is 29.2. The van der Waals surface area contributed by atoms with Crippen LogP contribution in [-0.4, -0.2) is 22.3 Å². The summed E-state index contributed by atoms with van der Waals surface area (Å²) in [5, 5.41) is 4.89. The number of hydrogen-bond donors (Lipinski definition) is 2. The molecule has 1 heterocycles. The number of halogens is 1. The Bertz CT molecular complexity index is 408. The molecular formula is C9H11ClN4O2. The van der Waals surface area contributed by atoms with Gasteiger partial charge in [0, 0.05) is 5.92 Å². The number of carbonyl (C=O) groups excluding carboxylic acids is 2. The third kappa shape index (κ3) is 3.16. The Morgan fingerprint density at radius 2 is 2.25 bits per heavy atom. The molecule has 1 aromatic heterocycles. The smallest absolute Gasteiger partial charge is 0.230 e. The summed E-state index contributed by atoms with van der Waals surface area (Å²) in [6, 6.07) is 0. The van der Waals surface area contributed by atoms with E-state index in [-0.39, 0.29) is 22.9 Å². The van der Waals surface area contributed by atoms with E-state index in [1.807, 2.05) is 0 Å². The second-order valence-corrected chi connectivity index (χ2v) is 3.66. The molecule has 0 aliphatic rings. The summed E-state index contributed by atoms with van der Waals surface area (Å²) in [5.41, 5.74) is 0.291. The molecule has 0 aromatic carbocycles. The van der Waals surface area contributed by atoms with Crippen molar-refractivity contribution in [2.24, 2.45) is 5.92 Å². The summed E-state index contributed by atoms with van der Waals surface area (Å²) in [5.74, 6) is -0.262. The standard InChI is InChI=1S/C9H11ClN4O2/c1-5(2)8(16)14-9-11-3-6(12-4-15)7(10)13-9/h3-5H,1-2H3,(H,12,15)(H,11,13,14,16). The van der Waals surface area contributed by atoms with Gasteiger partial charge in [-0.15, -0.1) is 0 Å². The first-order valence-electron chi connectivity index (χ1n) is 4.58. The van der Waals surface area contributed by atoms with E-state index >= 15 is 0 Å². The van der Waals surface area contributed by atoms with Crippen molar-refractivity contribution in [1.82, 2.24) is 9.97 Å². The molecule has 1 aromatic rings. The molecule has 0 bridgehead atoms. The minimum absolute atomic E-state index is 0.0705. The lowest BCUT2D eigenvalue weighted by Gasteiger charge is -2.07. The fraction of sp³-hybridized carbons (Fsp3) is 0.333. The molecule has 0 saturated heterocycles. The van der Waals surface area contributed by atoms with Crippen LogP contribution in [0.2, 0.25) is 5.15 Å². The summed E-state index contributed by atoms with van der Waals surface area (Å²) in [6.07, 6.45) is 1.79. The molecule has 1 rings (SSSR count). The van der Waals surface area contributed by atoms with Crippen molar-refractivity contribution in [1.29, 1.82) is 0 Å². The highest BCUT2D eigenvalue weighted by Crippen LogP contribution is 2.18. The molecule has 0 unspecified atom stereocenters. The monoisotopic (exact) mass is 242 g/mol. The van der Waals surface area contributed by atoms with E-state index in [2.05, 4.69) is 20.6 Å². The predicted molar refractivity (Wildman–Crippen MR) is 60.2 cm³/mol. The number of amides is 2. The SMILES string of the molecule is CC(C)C(=O)Nc1ncc(NC=O)c(Cl)n1. The maximum absolute atomic E-state index is 11.3. The van der Waals surface area contributed by atoms with Crippen molar-refractivity contribution in [2.75, 3.05) is 10.6 Å². The van der Waals surface area contributed by atoms with Crippen LogP contribution in [0.1, 0.15) is 13.8 Å². The summed E-state index contributed by atoms with van der Waals surface area (Å²) in [6.45, 7) is 3.50. The number of anilines is 2. The molecule has 2 amide bonds. The van der Waals surface area contributed by atoms with Gasteiger partial charge in [0.2, 0.25) is 18.3 Å². The fourth-order valence-electron chi connectivity index (χ4n) is 0.836. The number of aromatic nitrogens is 2. The van der Waals surface area contributed by atoms with Crippen molar-refractivity contribution in [3.63, 3.8) is 0 Å². The molecule has 0 radical (unpaired) electrons. The highest BCUT2D eigenvalue weighted by Gasteiger charge is 2.10. The lowest BCUT2D eigenvalue weighted by molar-refractivity contribution is -0.119. The van der Waals surface area contributed by atoms with Crippen molar-refractivity contribution in [2.45, 2.75) is 13.8 Å². The highest BCUT2D eigenvalue weighted by atomic mass is 35.5. The maximum Gasteiger partial charge on any atom is 0.230 e. The lowest BCUT2D eigenvalue weighted by atomic mass is 10.2. The van der Waals surface area contributed by atoms with Gasteiger partial charge in [-0.05, 0) is 0 Å². The first-order valence-corrected chi connectivity index (χ1v) is 4.96. The Balaban J connectivity index is 2.81. The topological polar surface area (TPSA) is 84.0 Å². The number of rotatable bonds is 4. The normalized spacial score (nSPS) is 10.0. The van der Waals surface area contributed by atoms with Crippen LogP contribution in [0.25, 0.3) is 0 Å². The Morgan fingerprint density at radius 1 is 1.56 bits per heavy atom. The zero-order valence-corrected chi connectivity index (χ0v) is 9.58. The van der Waals surface area contributed by atoms with Crippen LogP contribution in [0, 0.1) is 5.92 Å². The molecule has 0 fully saturated rings. The van der Waals surface area contributed by atoms with Crippen LogP contribution in [0.15, 0.2) is 6.20 Å². The minimum atomic E-state index is -0.202. The van der Waals surface area contributed by atoms with Gasteiger partial charge >= 0.3 is 0 Å². The predicted octanol–water partition coefficient (Wildman–Crippen LogP) is 1.29. The van der Waals surface area contributed by atoms with E-state index in [4.69, 9.17) is 11.6 Å². The molecule has 0 atom stereocenters. The van der Waals surface area contributed by atoms with E-state index in [9.17, 15) is 9.59 Å². The third-order valence-corrected chi connectivity index (χ3v) is 2.00. The summed E-state index contributed by atoms with van der Waals surface area (Å²) in [7, 11) is 0. The molecule has 0 aliphatic heterocycles. The minimum Gasteiger partial charge on any atom is -0.325 e. The van der Waals surface area contributed by atoms with Crippen molar-refractivity contribution in [3.05, 3.63) is 11.3 Å². The molecule has 2 N–H and O–H groups in total. The average molecular weight is 243 g/mol. The molecule has 7 heteroatoms. The van der Waals surface area contributed by atoms with Crippen LogP contribution in [0.5, 0.6) is 0 Å². The second-order valence-electron chi connectivity index (χ2n) is 3.30. The van der Waals surface area contributed by atoms with E-state index in [0.29, 0.717) is 12.1 Å².